The summed E-state index contributed by atoms with van der Waals surface area (Å²) in [5.74, 6) is -0.0624. The first kappa shape index (κ1) is 21.5. The number of ether oxygens (including phenoxy) is 1. The molecule has 5 nitrogen and oxygen atoms in total. The number of aliphatic hydroxyl groups is 1. The third-order valence-corrected chi connectivity index (χ3v) is 4.66. The van der Waals surface area contributed by atoms with Crippen molar-refractivity contribution < 1.29 is 19.0 Å². The molecule has 0 aliphatic heterocycles. The van der Waals surface area contributed by atoms with E-state index in [9.17, 15) is 14.3 Å². The van der Waals surface area contributed by atoms with E-state index >= 15 is 0 Å². The van der Waals surface area contributed by atoms with E-state index in [1.165, 1.54) is 12.3 Å². The molecule has 1 aromatic heterocycles. The van der Waals surface area contributed by atoms with Crippen molar-refractivity contribution in [1.29, 1.82) is 0 Å². The highest BCUT2D eigenvalue weighted by molar-refractivity contribution is 5.95. The van der Waals surface area contributed by atoms with Crippen LogP contribution in [0.25, 0.3) is 11.1 Å². The van der Waals surface area contributed by atoms with Gasteiger partial charge in [-0.05, 0) is 59.9 Å². The van der Waals surface area contributed by atoms with E-state index in [0.717, 1.165) is 23.3 Å². The third-order valence-electron chi connectivity index (χ3n) is 4.66. The second kappa shape index (κ2) is 10.5. The summed E-state index contributed by atoms with van der Waals surface area (Å²) in [7, 11) is 0. The molecule has 1 atom stereocenters. The Balaban J connectivity index is 1.73. The molecule has 0 saturated heterocycles. The Morgan fingerprint density at radius 2 is 1.93 bits per heavy atom. The lowest BCUT2D eigenvalue weighted by atomic mass is 10.0. The van der Waals surface area contributed by atoms with Crippen molar-refractivity contribution in [3.8, 4) is 16.9 Å². The zero-order valence-corrected chi connectivity index (χ0v) is 16.8. The molecule has 0 radical (unpaired) electrons. The van der Waals surface area contributed by atoms with E-state index in [-0.39, 0.29) is 18.6 Å². The van der Waals surface area contributed by atoms with Gasteiger partial charge in [-0.25, -0.2) is 4.98 Å². The summed E-state index contributed by atoms with van der Waals surface area (Å²) < 4.78 is 19.0. The van der Waals surface area contributed by atoms with E-state index in [0.29, 0.717) is 24.2 Å². The van der Waals surface area contributed by atoms with Crippen molar-refractivity contribution in [2.75, 3.05) is 13.2 Å². The first-order valence-corrected chi connectivity index (χ1v) is 9.97. The van der Waals surface area contributed by atoms with Crippen molar-refractivity contribution in [2.45, 2.75) is 25.8 Å². The molecule has 0 fully saturated rings. The Kier molecular flexibility index (Phi) is 7.51. The second-order valence-corrected chi connectivity index (χ2v) is 6.90. The maximum Gasteiger partial charge on any atom is 0.251 e. The van der Waals surface area contributed by atoms with E-state index in [2.05, 4.69) is 10.3 Å². The molecule has 0 spiro atoms. The zero-order valence-electron chi connectivity index (χ0n) is 16.8. The number of halogens is 1. The number of benzene rings is 2. The van der Waals surface area contributed by atoms with Gasteiger partial charge in [-0.3, -0.25) is 4.79 Å². The maximum atomic E-state index is 13.3. The number of amides is 1. The molecule has 3 rings (SSSR count). The van der Waals surface area contributed by atoms with E-state index in [1.54, 1.807) is 30.3 Å². The Morgan fingerprint density at radius 3 is 2.63 bits per heavy atom. The van der Waals surface area contributed by atoms with Gasteiger partial charge in [0.15, 0.2) is 0 Å². The molecule has 1 amide bonds. The quantitative estimate of drug-likeness (QED) is 0.510. The Morgan fingerprint density at radius 1 is 1.13 bits per heavy atom. The minimum Gasteiger partial charge on any atom is -0.494 e. The van der Waals surface area contributed by atoms with Crippen LogP contribution >= 0.6 is 0 Å². The van der Waals surface area contributed by atoms with Gasteiger partial charge in [0, 0.05) is 24.4 Å². The van der Waals surface area contributed by atoms with Crippen LogP contribution in [0.1, 0.15) is 41.7 Å². The molecule has 0 unspecified atom stereocenters. The van der Waals surface area contributed by atoms with Gasteiger partial charge in [0.2, 0.25) is 5.95 Å². The highest BCUT2D eigenvalue weighted by Gasteiger charge is 2.16. The van der Waals surface area contributed by atoms with Crippen LogP contribution in [0.4, 0.5) is 4.39 Å². The zero-order chi connectivity index (χ0) is 21.3. The smallest absolute Gasteiger partial charge is 0.251 e. The fourth-order valence-corrected chi connectivity index (χ4v) is 3.13. The number of aromatic nitrogens is 1. The van der Waals surface area contributed by atoms with Crippen LogP contribution < -0.4 is 10.1 Å². The summed E-state index contributed by atoms with van der Waals surface area (Å²) in [4.78, 5) is 16.3. The number of pyridine rings is 1. The molecular weight excluding hydrogens is 383 g/mol. The van der Waals surface area contributed by atoms with Gasteiger partial charge >= 0.3 is 0 Å². The molecule has 156 valence electrons. The number of aliphatic hydroxyl groups excluding tert-OH is 1. The van der Waals surface area contributed by atoms with Crippen LogP contribution in [0.15, 0.2) is 66.9 Å². The summed E-state index contributed by atoms with van der Waals surface area (Å²) in [6.45, 7) is 2.60. The standard InChI is InChI=1S/C24H25FN2O3/c1-2-14-30-21-5-3-4-20(15-21)22(11-13-28)27-24(29)18-8-6-17(7-9-18)19-10-12-26-23(25)16-19/h3-10,12,15-16,22,28H,2,11,13-14H2,1H3,(H,27,29)/t22-/m1/s1. The van der Waals surface area contributed by atoms with Crippen LogP contribution in [0.2, 0.25) is 0 Å². The van der Waals surface area contributed by atoms with Crippen molar-refractivity contribution >= 4 is 5.91 Å². The molecule has 3 aromatic rings. The lowest BCUT2D eigenvalue weighted by Crippen LogP contribution is -2.29. The maximum absolute atomic E-state index is 13.3. The van der Waals surface area contributed by atoms with Gasteiger partial charge in [-0.15, -0.1) is 0 Å². The van der Waals surface area contributed by atoms with Gasteiger partial charge in [0.05, 0.1) is 12.6 Å². The minimum atomic E-state index is -0.550. The molecule has 0 aliphatic rings. The Hall–Kier alpha value is -3.25. The van der Waals surface area contributed by atoms with E-state index in [4.69, 9.17) is 4.74 Å². The fraction of sp³-hybridized carbons (Fsp3) is 0.250. The van der Waals surface area contributed by atoms with Crippen LogP contribution in [0, 0.1) is 5.95 Å². The van der Waals surface area contributed by atoms with Crippen LogP contribution in [0.5, 0.6) is 5.75 Å². The topological polar surface area (TPSA) is 71.5 Å². The lowest BCUT2D eigenvalue weighted by molar-refractivity contribution is 0.0930. The fourth-order valence-electron chi connectivity index (χ4n) is 3.13. The predicted octanol–water partition coefficient (Wildman–Crippen LogP) is 4.53. The minimum absolute atomic E-state index is 0.0580. The van der Waals surface area contributed by atoms with Crippen molar-refractivity contribution in [3.05, 3.63) is 83.9 Å². The van der Waals surface area contributed by atoms with E-state index in [1.807, 2.05) is 31.2 Å². The lowest BCUT2D eigenvalue weighted by Gasteiger charge is -2.19. The highest BCUT2D eigenvalue weighted by atomic mass is 19.1. The number of carbonyl (C=O) groups is 1. The molecule has 2 aromatic carbocycles. The molecule has 0 bridgehead atoms. The molecule has 0 saturated carbocycles. The molecule has 30 heavy (non-hydrogen) atoms. The monoisotopic (exact) mass is 408 g/mol. The SMILES string of the molecule is CCCOc1cccc([C@@H](CCO)NC(=O)c2ccc(-c3ccnc(F)c3)cc2)c1. The van der Waals surface area contributed by atoms with E-state index < -0.39 is 5.95 Å². The van der Waals surface area contributed by atoms with Crippen LogP contribution in [-0.4, -0.2) is 29.2 Å². The summed E-state index contributed by atoms with van der Waals surface area (Å²) in [5, 5.41) is 12.4. The first-order chi connectivity index (χ1) is 14.6. The number of rotatable bonds is 9. The van der Waals surface area contributed by atoms with Gasteiger partial charge in [-0.2, -0.15) is 4.39 Å². The molecule has 0 aliphatic carbocycles. The average Bonchev–Trinajstić information content (AvgIpc) is 2.77. The molecule has 2 N–H and O–H groups in total. The summed E-state index contributed by atoms with van der Waals surface area (Å²) in [6, 6.07) is 17.2. The third kappa shape index (κ3) is 5.64. The number of nitrogens with zero attached hydrogens (tertiary/aromatic N) is 1. The largest absolute Gasteiger partial charge is 0.494 e. The van der Waals surface area contributed by atoms with Crippen molar-refractivity contribution in [1.82, 2.24) is 10.3 Å². The van der Waals surface area contributed by atoms with Gasteiger partial charge in [0.1, 0.15) is 5.75 Å². The summed E-state index contributed by atoms with van der Waals surface area (Å²) in [6.07, 6.45) is 2.70. The molecular formula is C24H25FN2O3. The summed E-state index contributed by atoms with van der Waals surface area (Å²) in [5.41, 5.74) is 2.83. The number of hydrogen-bond donors (Lipinski definition) is 2. The molecule has 6 heteroatoms. The Bertz CT molecular complexity index is 976. The average molecular weight is 408 g/mol. The highest BCUT2D eigenvalue weighted by Crippen LogP contribution is 2.23. The van der Waals surface area contributed by atoms with Crippen LogP contribution in [0.3, 0.4) is 0 Å². The Labute approximate surface area is 175 Å². The van der Waals surface area contributed by atoms with Gasteiger partial charge < -0.3 is 15.2 Å². The van der Waals surface area contributed by atoms with Gasteiger partial charge in [-0.1, -0.05) is 31.2 Å². The predicted molar refractivity (Wildman–Crippen MR) is 114 cm³/mol. The summed E-state index contributed by atoms with van der Waals surface area (Å²) >= 11 is 0. The van der Waals surface area contributed by atoms with Crippen LogP contribution in [-0.2, 0) is 0 Å². The van der Waals surface area contributed by atoms with Gasteiger partial charge in [0.25, 0.3) is 5.91 Å². The van der Waals surface area contributed by atoms with Crippen molar-refractivity contribution in [2.24, 2.45) is 0 Å². The number of hydrogen-bond acceptors (Lipinski definition) is 4. The normalized spacial score (nSPS) is 11.7. The number of carbonyl (C=O) groups excluding carboxylic acids is 1. The first-order valence-electron chi connectivity index (χ1n) is 9.97. The second-order valence-electron chi connectivity index (χ2n) is 6.90. The number of nitrogens with one attached hydrogen (secondary N) is 1. The van der Waals surface area contributed by atoms with Crippen molar-refractivity contribution in [3.63, 3.8) is 0 Å². The molecule has 1 heterocycles.